The SMILES string of the molecule is Cn1c(=O)c2c(c3ccccc31)OC(C)(C)[C@@H](OC(=O)[C@@]13CC[C@@](C)(C(=O)O1)C3(C)C)C2. The third kappa shape index (κ3) is 2.34. The van der Waals surface area contributed by atoms with Gasteiger partial charge in [-0.25, -0.2) is 4.79 Å². The molecule has 2 aromatic rings. The fraction of sp³-hybridized carbons (Fsp3) is 0.560. The summed E-state index contributed by atoms with van der Waals surface area (Å²) in [5, 5.41) is 0.846. The van der Waals surface area contributed by atoms with Gasteiger partial charge in [0.25, 0.3) is 5.56 Å². The monoisotopic (exact) mass is 439 g/mol. The highest BCUT2D eigenvalue weighted by molar-refractivity contribution is 5.94. The van der Waals surface area contributed by atoms with Gasteiger partial charge in [0.2, 0.25) is 5.60 Å². The molecule has 3 aliphatic rings. The number of carbonyl (C=O) groups is 2. The van der Waals surface area contributed by atoms with Crippen LogP contribution in [0, 0.1) is 10.8 Å². The number of para-hydroxylation sites is 1. The van der Waals surface area contributed by atoms with Crippen LogP contribution in [0.15, 0.2) is 29.1 Å². The molecule has 7 nitrogen and oxygen atoms in total. The van der Waals surface area contributed by atoms with E-state index in [1.165, 1.54) is 0 Å². The van der Waals surface area contributed by atoms with Crippen LogP contribution < -0.4 is 10.3 Å². The Balaban J connectivity index is 1.53. The third-order valence-electron chi connectivity index (χ3n) is 8.54. The van der Waals surface area contributed by atoms with E-state index in [0.717, 1.165) is 10.9 Å². The van der Waals surface area contributed by atoms with Crippen molar-refractivity contribution >= 4 is 22.8 Å². The molecule has 5 rings (SSSR count). The first-order valence-corrected chi connectivity index (χ1v) is 11.1. The maximum absolute atomic E-state index is 13.5. The summed E-state index contributed by atoms with van der Waals surface area (Å²) < 4.78 is 19.6. The molecule has 3 heterocycles. The molecule has 0 unspecified atom stereocenters. The van der Waals surface area contributed by atoms with Crippen molar-refractivity contribution in [3.8, 4) is 5.75 Å². The molecule has 1 saturated heterocycles. The molecular weight excluding hydrogens is 410 g/mol. The van der Waals surface area contributed by atoms with Gasteiger partial charge in [-0.2, -0.15) is 0 Å². The quantitative estimate of drug-likeness (QED) is 0.668. The van der Waals surface area contributed by atoms with Crippen molar-refractivity contribution in [2.24, 2.45) is 17.9 Å². The average molecular weight is 440 g/mol. The predicted octanol–water partition coefficient (Wildman–Crippen LogP) is 3.29. The van der Waals surface area contributed by atoms with Crippen LogP contribution in [-0.4, -0.2) is 33.8 Å². The summed E-state index contributed by atoms with van der Waals surface area (Å²) >= 11 is 0. The Kier molecular flexibility index (Phi) is 4.04. The molecule has 0 N–H and O–H groups in total. The van der Waals surface area contributed by atoms with Gasteiger partial charge in [-0.05, 0) is 45.7 Å². The van der Waals surface area contributed by atoms with Crippen molar-refractivity contribution in [1.82, 2.24) is 4.57 Å². The number of fused-ring (bicyclic) bond motifs is 5. The van der Waals surface area contributed by atoms with E-state index in [-0.39, 0.29) is 17.9 Å². The van der Waals surface area contributed by atoms with Gasteiger partial charge in [0.15, 0.2) is 0 Å². The minimum absolute atomic E-state index is 0.172. The highest BCUT2D eigenvalue weighted by atomic mass is 16.6. The van der Waals surface area contributed by atoms with E-state index in [1.807, 2.05) is 58.9 Å². The third-order valence-corrected chi connectivity index (χ3v) is 8.54. The lowest BCUT2D eigenvalue weighted by Gasteiger charge is -2.42. The first-order valence-electron chi connectivity index (χ1n) is 11.1. The second-order valence-electron chi connectivity index (χ2n) is 10.7. The predicted molar refractivity (Wildman–Crippen MR) is 117 cm³/mol. The number of benzene rings is 1. The minimum Gasteiger partial charge on any atom is -0.483 e. The van der Waals surface area contributed by atoms with Gasteiger partial charge in [-0.3, -0.25) is 9.59 Å². The molecule has 1 saturated carbocycles. The molecule has 2 bridgehead atoms. The second kappa shape index (κ2) is 6.15. The molecular formula is C25H29NO6. The number of ether oxygens (including phenoxy) is 3. The Hall–Kier alpha value is -2.83. The number of nitrogens with zero attached hydrogens (tertiary/aromatic N) is 1. The van der Waals surface area contributed by atoms with Crippen LogP contribution in [0.4, 0.5) is 0 Å². The lowest BCUT2D eigenvalue weighted by molar-refractivity contribution is -0.195. The molecule has 1 aliphatic carbocycles. The zero-order valence-corrected chi connectivity index (χ0v) is 19.4. The lowest BCUT2D eigenvalue weighted by atomic mass is 9.66. The van der Waals surface area contributed by atoms with Crippen LogP contribution >= 0.6 is 0 Å². The Morgan fingerprint density at radius 3 is 2.38 bits per heavy atom. The molecule has 1 aromatic heterocycles. The van der Waals surface area contributed by atoms with Crippen molar-refractivity contribution in [1.29, 1.82) is 0 Å². The van der Waals surface area contributed by atoms with Crippen molar-refractivity contribution in [3.05, 3.63) is 40.2 Å². The van der Waals surface area contributed by atoms with E-state index in [1.54, 1.807) is 11.6 Å². The summed E-state index contributed by atoms with van der Waals surface area (Å²) in [6, 6.07) is 7.59. The van der Waals surface area contributed by atoms with Crippen LogP contribution in [0.25, 0.3) is 10.9 Å². The minimum atomic E-state index is -1.32. The number of hydrogen-bond acceptors (Lipinski definition) is 6. The average Bonchev–Trinajstić information content (AvgIpc) is 3.03. The van der Waals surface area contributed by atoms with E-state index in [9.17, 15) is 14.4 Å². The lowest BCUT2D eigenvalue weighted by Crippen LogP contribution is -2.55. The summed E-state index contributed by atoms with van der Waals surface area (Å²) in [6.45, 7) is 9.35. The van der Waals surface area contributed by atoms with Crippen molar-refractivity contribution in [2.75, 3.05) is 0 Å². The molecule has 0 radical (unpaired) electrons. The van der Waals surface area contributed by atoms with Crippen molar-refractivity contribution < 1.29 is 23.8 Å². The Labute approximate surface area is 186 Å². The molecule has 3 atom stereocenters. The number of aromatic nitrogens is 1. The topological polar surface area (TPSA) is 83.8 Å². The van der Waals surface area contributed by atoms with Crippen molar-refractivity contribution in [3.63, 3.8) is 0 Å². The summed E-state index contributed by atoms with van der Waals surface area (Å²) in [7, 11) is 1.73. The highest BCUT2D eigenvalue weighted by Crippen LogP contribution is 2.66. The summed E-state index contributed by atoms with van der Waals surface area (Å²) in [4.78, 5) is 39.2. The molecule has 2 aliphatic heterocycles. The van der Waals surface area contributed by atoms with Gasteiger partial charge in [0, 0.05) is 24.3 Å². The van der Waals surface area contributed by atoms with E-state index >= 15 is 0 Å². The summed E-state index contributed by atoms with van der Waals surface area (Å²) in [5.74, 6) is -0.365. The fourth-order valence-corrected chi connectivity index (χ4v) is 5.70. The number of rotatable bonds is 2. The molecule has 0 amide bonds. The van der Waals surface area contributed by atoms with Gasteiger partial charge in [0.05, 0.1) is 16.5 Å². The van der Waals surface area contributed by atoms with E-state index in [0.29, 0.717) is 24.2 Å². The molecule has 1 aromatic carbocycles. The zero-order chi connectivity index (χ0) is 23.3. The molecule has 7 heteroatoms. The first kappa shape index (κ1) is 21.0. The van der Waals surface area contributed by atoms with E-state index in [4.69, 9.17) is 14.2 Å². The van der Waals surface area contributed by atoms with Gasteiger partial charge in [-0.15, -0.1) is 0 Å². The Morgan fingerprint density at radius 2 is 1.75 bits per heavy atom. The van der Waals surface area contributed by atoms with E-state index < -0.39 is 34.1 Å². The number of pyridine rings is 1. The standard InChI is InChI=1S/C25H29NO6/c1-22(2)17(30-21(29)25-12-11-24(5,20(28)32-25)23(25,3)4)13-15-18(31-22)14-9-7-8-10-16(14)26(6)19(15)27/h7-10,17H,11-13H2,1-6H3/t17-,24-,25+/m0/s1. The Bertz CT molecular complexity index is 1240. The molecule has 170 valence electrons. The highest BCUT2D eigenvalue weighted by Gasteiger charge is 2.76. The molecule has 2 fully saturated rings. The summed E-state index contributed by atoms with van der Waals surface area (Å²) in [6.07, 6.45) is 0.534. The van der Waals surface area contributed by atoms with Gasteiger partial charge in [-0.1, -0.05) is 26.0 Å². The van der Waals surface area contributed by atoms with Crippen LogP contribution in [-0.2, 0) is 32.5 Å². The van der Waals surface area contributed by atoms with Gasteiger partial charge < -0.3 is 18.8 Å². The van der Waals surface area contributed by atoms with Crippen LogP contribution in [0.3, 0.4) is 0 Å². The normalized spacial score (nSPS) is 31.7. The van der Waals surface area contributed by atoms with E-state index in [2.05, 4.69) is 0 Å². The number of carbonyl (C=O) groups excluding carboxylic acids is 2. The maximum Gasteiger partial charge on any atom is 0.351 e. The summed E-state index contributed by atoms with van der Waals surface area (Å²) in [5.41, 5.74) is -2.50. The van der Waals surface area contributed by atoms with Gasteiger partial charge in [0.1, 0.15) is 17.5 Å². The number of hydrogen-bond donors (Lipinski definition) is 0. The van der Waals surface area contributed by atoms with Crippen LogP contribution in [0.2, 0.25) is 0 Å². The number of esters is 2. The number of aryl methyl sites for hydroxylation is 1. The maximum atomic E-state index is 13.5. The molecule has 0 spiro atoms. The van der Waals surface area contributed by atoms with Crippen LogP contribution in [0.5, 0.6) is 5.75 Å². The molecule has 32 heavy (non-hydrogen) atoms. The Morgan fingerprint density at radius 1 is 1.06 bits per heavy atom. The zero-order valence-electron chi connectivity index (χ0n) is 19.4. The fourth-order valence-electron chi connectivity index (χ4n) is 5.70. The second-order valence-corrected chi connectivity index (χ2v) is 10.7. The smallest absolute Gasteiger partial charge is 0.351 e. The largest absolute Gasteiger partial charge is 0.483 e. The first-order chi connectivity index (χ1) is 14.9. The van der Waals surface area contributed by atoms with Crippen LogP contribution in [0.1, 0.15) is 53.0 Å². The van der Waals surface area contributed by atoms with Gasteiger partial charge >= 0.3 is 11.9 Å². The van der Waals surface area contributed by atoms with Crippen molar-refractivity contribution in [2.45, 2.75) is 71.2 Å².